The van der Waals surface area contributed by atoms with Gasteiger partial charge in [-0.05, 0) is 25.1 Å². The average Bonchev–Trinajstić information content (AvgIpc) is 2.78. The molecule has 0 atom stereocenters. The van der Waals surface area contributed by atoms with Crippen molar-refractivity contribution in [2.24, 2.45) is 0 Å². The molecule has 0 saturated heterocycles. The van der Waals surface area contributed by atoms with Crippen molar-refractivity contribution in [3.05, 3.63) is 49.4 Å². The Balaban J connectivity index is 2.05. The molecule has 1 aromatic heterocycles. The average molecular weight is 224 g/mol. The predicted molar refractivity (Wildman–Crippen MR) is 66.9 cm³/mol. The maximum atomic E-state index is 4.25. The highest BCUT2D eigenvalue weighted by Gasteiger charge is 2.28. The molecular formula is C13H12N4. The number of benzene rings is 1. The van der Waals surface area contributed by atoms with Crippen LogP contribution in [0.2, 0.25) is 0 Å². The van der Waals surface area contributed by atoms with Crippen molar-refractivity contribution < 1.29 is 0 Å². The molecule has 0 fully saturated rings. The monoisotopic (exact) mass is 224 g/mol. The van der Waals surface area contributed by atoms with Crippen LogP contribution in [-0.4, -0.2) is 16.5 Å². The van der Waals surface area contributed by atoms with Crippen LogP contribution in [0.5, 0.6) is 0 Å². The zero-order valence-electron chi connectivity index (χ0n) is 9.54. The minimum atomic E-state index is 0.649. The first-order chi connectivity index (χ1) is 8.40. The number of aromatic nitrogens is 2. The van der Waals surface area contributed by atoms with E-state index in [9.17, 15) is 0 Å². The van der Waals surface area contributed by atoms with Crippen LogP contribution < -0.4 is 9.80 Å². The number of para-hydroxylation sites is 2. The fourth-order valence-corrected chi connectivity index (χ4v) is 1.91. The Morgan fingerprint density at radius 3 is 2.47 bits per heavy atom. The summed E-state index contributed by atoms with van der Waals surface area (Å²) < 4.78 is 0. The SMILES string of the molecule is CCN1[C]N(c2ncccn2)c2ccccc21. The molecule has 1 aliphatic heterocycles. The second-order valence-corrected chi connectivity index (χ2v) is 3.72. The van der Waals surface area contributed by atoms with Crippen LogP contribution in [0, 0.1) is 6.67 Å². The van der Waals surface area contributed by atoms with Gasteiger partial charge in [-0.1, -0.05) is 12.1 Å². The van der Waals surface area contributed by atoms with Crippen LogP contribution in [0.15, 0.2) is 42.7 Å². The zero-order valence-corrected chi connectivity index (χ0v) is 9.54. The summed E-state index contributed by atoms with van der Waals surface area (Å²) in [5.74, 6) is 0.649. The summed E-state index contributed by atoms with van der Waals surface area (Å²) in [7, 11) is 0. The standard InChI is InChI=1S/C13H12N4/c1-2-16-10-17(13-14-8-5-9-15-13)12-7-4-3-6-11(12)16/h3-9H,2H2,1H3. The van der Waals surface area contributed by atoms with Crippen molar-refractivity contribution in [1.29, 1.82) is 0 Å². The summed E-state index contributed by atoms with van der Waals surface area (Å²) in [5, 5.41) is 0. The second-order valence-electron chi connectivity index (χ2n) is 3.72. The van der Waals surface area contributed by atoms with E-state index in [1.165, 1.54) is 0 Å². The summed E-state index contributed by atoms with van der Waals surface area (Å²) in [5.41, 5.74) is 2.21. The van der Waals surface area contributed by atoms with E-state index in [0.717, 1.165) is 17.9 Å². The van der Waals surface area contributed by atoms with Gasteiger partial charge in [-0.2, -0.15) is 0 Å². The Hall–Kier alpha value is -2.10. The molecule has 0 aliphatic carbocycles. The van der Waals surface area contributed by atoms with Crippen molar-refractivity contribution in [3.8, 4) is 0 Å². The van der Waals surface area contributed by atoms with Gasteiger partial charge in [0.05, 0.1) is 11.4 Å². The van der Waals surface area contributed by atoms with E-state index in [1.807, 2.05) is 29.2 Å². The van der Waals surface area contributed by atoms with Crippen LogP contribution in [0.25, 0.3) is 0 Å². The Bertz CT molecular complexity index is 512. The van der Waals surface area contributed by atoms with Gasteiger partial charge in [0.15, 0.2) is 0 Å². The van der Waals surface area contributed by atoms with Gasteiger partial charge in [0.1, 0.15) is 0 Å². The van der Waals surface area contributed by atoms with Crippen molar-refractivity contribution in [2.45, 2.75) is 6.92 Å². The lowest BCUT2D eigenvalue weighted by Crippen LogP contribution is -2.22. The molecule has 4 nitrogen and oxygen atoms in total. The summed E-state index contributed by atoms with van der Waals surface area (Å²) in [6.45, 7) is 6.24. The number of hydrogen-bond acceptors (Lipinski definition) is 4. The van der Waals surface area contributed by atoms with Crippen molar-refractivity contribution in [1.82, 2.24) is 9.97 Å². The van der Waals surface area contributed by atoms with Crippen LogP contribution in [0.4, 0.5) is 17.3 Å². The van der Waals surface area contributed by atoms with E-state index < -0.39 is 0 Å². The minimum Gasteiger partial charge on any atom is -0.339 e. The third-order valence-corrected chi connectivity index (χ3v) is 2.70. The highest BCUT2D eigenvalue weighted by molar-refractivity contribution is 5.82. The Kier molecular flexibility index (Phi) is 2.40. The first-order valence-corrected chi connectivity index (χ1v) is 5.60. The van der Waals surface area contributed by atoms with E-state index in [4.69, 9.17) is 0 Å². The quantitative estimate of drug-likeness (QED) is 0.784. The smallest absolute Gasteiger partial charge is 0.232 e. The van der Waals surface area contributed by atoms with Gasteiger partial charge in [-0.25, -0.2) is 9.97 Å². The molecule has 3 rings (SSSR count). The minimum absolute atomic E-state index is 0.649. The fraction of sp³-hybridized carbons (Fsp3) is 0.154. The number of hydrogen-bond donors (Lipinski definition) is 0. The number of anilines is 3. The van der Waals surface area contributed by atoms with Crippen LogP contribution >= 0.6 is 0 Å². The van der Waals surface area contributed by atoms with E-state index in [1.54, 1.807) is 12.4 Å². The van der Waals surface area contributed by atoms with E-state index in [-0.39, 0.29) is 0 Å². The fourth-order valence-electron chi connectivity index (χ4n) is 1.91. The van der Waals surface area contributed by atoms with Gasteiger partial charge in [-0.3, -0.25) is 4.90 Å². The third-order valence-electron chi connectivity index (χ3n) is 2.70. The topological polar surface area (TPSA) is 32.3 Å². The number of nitrogens with zero attached hydrogens (tertiary/aromatic N) is 4. The maximum Gasteiger partial charge on any atom is 0.232 e. The molecule has 0 unspecified atom stereocenters. The Morgan fingerprint density at radius 1 is 1.06 bits per heavy atom. The molecule has 17 heavy (non-hydrogen) atoms. The molecule has 2 radical (unpaired) electrons. The molecular weight excluding hydrogens is 212 g/mol. The molecule has 0 bridgehead atoms. The van der Waals surface area contributed by atoms with Gasteiger partial charge in [0.2, 0.25) is 12.6 Å². The highest BCUT2D eigenvalue weighted by atomic mass is 15.4. The molecule has 0 amide bonds. The molecule has 0 saturated carbocycles. The van der Waals surface area contributed by atoms with Crippen molar-refractivity contribution in [2.75, 3.05) is 16.3 Å². The lowest BCUT2D eigenvalue weighted by molar-refractivity contribution is 0.935. The van der Waals surface area contributed by atoms with Gasteiger partial charge >= 0.3 is 0 Å². The first kappa shape index (κ1) is 10.1. The van der Waals surface area contributed by atoms with Gasteiger partial charge in [0, 0.05) is 18.9 Å². The number of fused-ring (bicyclic) bond motifs is 1. The molecule has 0 N–H and O–H groups in total. The Morgan fingerprint density at radius 2 is 1.76 bits per heavy atom. The molecule has 2 heterocycles. The molecule has 1 aliphatic rings. The lowest BCUT2D eigenvalue weighted by atomic mass is 10.2. The van der Waals surface area contributed by atoms with Crippen LogP contribution in [0.3, 0.4) is 0 Å². The summed E-state index contributed by atoms with van der Waals surface area (Å²) in [4.78, 5) is 12.5. The van der Waals surface area contributed by atoms with Crippen LogP contribution in [0.1, 0.15) is 6.92 Å². The van der Waals surface area contributed by atoms with Crippen molar-refractivity contribution >= 4 is 17.3 Å². The van der Waals surface area contributed by atoms with Gasteiger partial charge < -0.3 is 4.90 Å². The van der Waals surface area contributed by atoms with Gasteiger partial charge in [0.25, 0.3) is 0 Å². The van der Waals surface area contributed by atoms with E-state index in [2.05, 4.69) is 34.5 Å². The molecule has 2 aromatic rings. The first-order valence-electron chi connectivity index (χ1n) is 5.60. The molecule has 0 spiro atoms. The summed E-state index contributed by atoms with van der Waals surface area (Å²) in [6, 6.07) is 9.97. The second kappa shape index (κ2) is 4.05. The molecule has 4 heteroatoms. The Labute approximate surface area is 101 Å². The van der Waals surface area contributed by atoms with E-state index in [0.29, 0.717) is 5.95 Å². The summed E-state index contributed by atoms with van der Waals surface area (Å²) >= 11 is 0. The molecule has 1 aromatic carbocycles. The molecule has 84 valence electrons. The summed E-state index contributed by atoms with van der Waals surface area (Å²) in [6.07, 6.45) is 3.47. The highest BCUT2D eigenvalue weighted by Crippen LogP contribution is 2.40. The van der Waals surface area contributed by atoms with Crippen LogP contribution in [-0.2, 0) is 0 Å². The number of rotatable bonds is 2. The third kappa shape index (κ3) is 1.62. The maximum absolute atomic E-state index is 4.25. The van der Waals surface area contributed by atoms with E-state index >= 15 is 0 Å². The lowest BCUT2D eigenvalue weighted by Gasteiger charge is -2.15. The normalized spacial score (nSPS) is 13.9. The largest absolute Gasteiger partial charge is 0.339 e. The zero-order chi connectivity index (χ0) is 11.7. The predicted octanol–water partition coefficient (Wildman–Crippen LogP) is 2.45. The van der Waals surface area contributed by atoms with Gasteiger partial charge in [-0.15, -0.1) is 0 Å². The van der Waals surface area contributed by atoms with Crippen molar-refractivity contribution in [3.63, 3.8) is 0 Å².